The summed E-state index contributed by atoms with van der Waals surface area (Å²) in [6.45, 7) is 5.06. The number of aromatic nitrogens is 1. The van der Waals surface area contributed by atoms with E-state index in [4.69, 9.17) is 9.47 Å². The average molecular weight is 397 g/mol. The van der Waals surface area contributed by atoms with Crippen molar-refractivity contribution >= 4 is 0 Å². The van der Waals surface area contributed by atoms with Crippen LogP contribution in [0, 0.1) is 0 Å². The maximum atomic E-state index is 6.05. The van der Waals surface area contributed by atoms with Crippen molar-refractivity contribution in [2.24, 2.45) is 0 Å². The van der Waals surface area contributed by atoms with Crippen molar-refractivity contribution in [3.63, 3.8) is 0 Å². The lowest BCUT2D eigenvalue weighted by Gasteiger charge is -2.38. The number of hydrogen-bond acceptors (Lipinski definition) is 4. The molecule has 29 heavy (non-hydrogen) atoms. The third kappa shape index (κ3) is 6.28. The van der Waals surface area contributed by atoms with Crippen LogP contribution in [0.15, 0.2) is 48.7 Å². The van der Waals surface area contributed by atoms with Crippen LogP contribution in [0.1, 0.15) is 62.6 Å². The zero-order valence-corrected chi connectivity index (χ0v) is 18.0. The molecule has 0 radical (unpaired) electrons. The second-order valence-corrected chi connectivity index (χ2v) is 8.10. The summed E-state index contributed by atoms with van der Waals surface area (Å²) < 4.78 is 11.3. The first-order valence-electron chi connectivity index (χ1n) is 11.1. The molecule has 4 nitrogen and oxygen atoms in total. The van der Waals surface area contributed by atoms with Crippen molar-refractivity contribution < 1.29 is 9.47 Å². The second kappa shape index (κ2) is 11.3. The van der Waals surface area contributed by atoms with Crippen LogP contribution in [0.5, 0.6) is 5.75 Å². The number of ether oxygens (including phenoxy) is 2. The molecule has 1 aromatic heterocycles. The quantitative estimate of drug-likeness (QED) is 0.687. The smallest absolute Gasteiger partial charge is 0.122 e. The third-order valence-electron chi connectivity index (χ3n) is 6.13. The summed E-state index contributed by atoms with van der Waals surface area (Å²) in [5.74, 6) is 1.61. The van der Waals surface area contributed by atoms with Crippen molar-refractivity contribution in [3.05, 3.63) is 59.9 Å². The Kier molecular flexibility index (Phi) is 8.51. The fourth-order valence-electron chi connectivity index (χ4n) is 4.57. The number of likely N-dealkylation sites (N-methyl/N-ethyl adjacent to an activating group) is 1. The molecule has 2 heterocycles. The van der Waals surface area contributed by atoms with Gasteiger partial charge in [-0.2, -0.15) is 0 Å². The Labute approximate surface area is 176 Å². The molecule has 1 spiro atoms. The lowest BCUT2D eigenvalue weighted by atomic mass is 9.83. The first-order chi connectivity index (χ1) is 14.3. The van der Waals surface area contributed by atoms with Crippen LogP contribution in [-0.4, -0.2) is 37.4 Å². The summed E-state index contributed by atoms with van der Waals surface area (Å²) in [5, 5.41) is 3.29. The molecule has 1 N–H and O–H groups in total. The zero-order chi connectivity index (χ0) is 20.4. The van der Waals surface area contributed by atoms with E-state index in [0.29, 0.717) is 5.92 Å². The van der Waals surface area contributed by atoms with Gasteiger partial charge in [-0.05, 0) is 69.0 Å². The van der Waals surface area contributed by atoms with Crippen molar-refractivity contribution in [1.82, 2.24) is 10.3 Å². The molecule has 1 atom stereocenters. The van der Waals surface area contributed by atoms with Gasteiger partial charge in [0.15, 0.2) is 0 Å². The number of methoxy groups -OCH3 is 1. The highest BCUT2D eigenvalue weighted by atomic mass is 16.5. The minimum atomic E-state index is 0.209. The Morgan fingerprint density at radius 1 is 1.14 bits per heavy atom. The fraction of sp³-hybridized carbons (Fsp3) is 0.560. The van der Waals surface area contributed by atoms with Gasteiger partial charge in [0.05, 0.1) is 12.7 Å². The lowest BCUT2D eigenvalue weighted by molar-refractivity contribution is -0.0809. The van der Waals surface area contributed by atoms with Crippen LogP contribution in [0.25, 0.3) is 0 Å². The molecule has 0 bridgehead atoms. The van der Waals surface area contributed by atoms with E-state index in [1.165, 1.54) is 43.4 Å². The Balaban J connectivity index is 0.000000170. The predicted molar refractivity (Wildman–Crippen MR) is 119 cm³/mol. The van der Waals surface area contributed by atoms with Crippen molar-refractivity contribution in [2.45, 2.75) is 63.4 Å². The van der Waals surface area contributed by atoms with E-state index < -0.39 is 0 Å². The number of nitrogens with zero attached hydrogens (tertiary/aromatic N) is 1. The number of rotatable bonds is 6. The second-order valence-electron chi connectivity index (χ2n) is 8.10. The summed E-state index contributed by atoms with van der Waals surface area (Å²) in [7, 11) is 1.71. The van der Waals surface area contributed by atoms with Crippen LogP contribution in [0.4, 0.5) is 0 Å². The first-order valence-corrected chi connectivity index (χ1v) is 11.1. The minimum Gasteiger partial charge on any atom is -0.496 e. The number of para-hydroxylation sites is 1. The molecule has 1 unspecified atom stereocenters. The standard InChI is InChI=1S/C14H19NO.C11H17NO/c1-4-9-15-13(5-1)12-6-10-16-14(11-12)7-2-3-8-14;1-3-12-9-8-10-6-4-5-7-11(10)13-2/h1,4-5,9,12H,2-3,6-8,10-11H2;4-7,12H,3,8-9H2,1-2H3. The average Bonchev–Trinajstić information content (AvgIpc) is 3.23. The van der Waals surface area contributed by atoms with Crippen LogP contribution in [0.3, 0.4) is 0 Å². The summed E-state index contributed by atoms with van der Waals surface area (Å²) in [5.41, 5.74) is 2.74. The van der Waals surface area contributed by atoms with Gasteiger partial charge in [0.1, 0.15) is 5.75 Å². The third-order valence-corrected chi connectivity index (χ3v) is 6.13. The van der Waals surface area contributed by atoms with Gasteiger partial charge in [0, 0.05) is 24.4 Å². The van der Waals surface area contributed by atoms with Gasteiger partial charge in [0.2, 0.25) is 0 Å². The molecule has 1 saturated heterocycles. The van der Waals surface area contributed by atoms with Gasteiger partial charge in [-0.3, -0.25) is 4.98 Å². The molecule has 158 valence electrons. The van der Waals surface area contributed by atoms with Crippen molar-refractivity contribution in [3.8, 4) is 5.75 Å². The van der Waals surface area contributed by atoms with E-state index in [2.05, 4.69) is 35.4 Å². The maximum absolute atomic E-state index is 6.05. The molecule has 4 heteroatoms. The predicted octanol–water partition coefficient (Wildman–Crippen LogP) is 5.14. The molecular weight excluding hydrogens is 360 g/mol. The van der Waals surface area contributed by atoms with Crippen LogP contribution in [-0.2, 0) is 11.2 Å². The summed E-state index contributed by atoms with van der Waals surface area (Å²) >= 11 is 0. The zero-order valence-electron chi connectivity index (χ0n) is 18.0. The number of benzene rings is 1. The van der Waals surface area contributed by atoms with Crippen molar-refractivity contribution in [2.75, 3.05) is 26.8 Å². The largest absolute Gasteiger partial charge is 0.496 e. The lowest BCUT2D eigenvalue weighted by Crippen LogP contribution is -2.36. The first kappa shape index (κ1) is 21.8. The van der Waals surface area contributed by atoms with Gasteiger partial charge in [-0.15, -0.1) is 0 Å². The van der Waals surface area contributed by atoms with Gasteiger partial charge < -0.3 is 14.8 Å². The van der Waals surface area contributed by atoms with Crippen LogP contribution in [0.2, 0.25) is 0 Å². The SMILES string of the molecule is CCNCCc1ccccc1OC.c1ccc(C2CCOC3(CCCC3)C2)nc1. The van der Waals surface area contributed by atoms with Crippen molar-refractivity contribution in [1.29, 1.82) is 0 Å². The van der Waals surface area contributed by atoms with Gasteiger partial charge in [-0.25, -0.2) is 0 Å². The molecule has 1 aromatic carbocycles. The Bertz CT molecular complexity index is 714. The maximum Gasteiger partial charge on any atom is 0.122 e. The van der Waals surface area contributed by atoms with Gasteiger partial charge in [-0.1, -0.05) is 44.0 Å². The molecule has 4 rings (SSSR count). The summed E-state index contributed by atoms with van der Waals surface area (Å²) in [6, 6.07) is 14.4. The normalized spacial score (nSPS) is 20.1. The molecule has 2 fully saturated rings. The molecule has 2 aromatic rings. The number of nitrogens with one attached hydrogen (secondary N) is 1. The highest BCUT2D eigenvalue weighted by Gasteiger charge is 2.40. The summed E-state index contributed by atoms with van der Waals surface area (Å²) in [6.07, 6.45) is 10.5. The number of pyridine rings is 1. The van der Waals surface area contributed by atoms with Gasteiger partial charge in [0.25, 0.3) is 0 Å². The van der Waals surface area contributed by atoms with Gasteiger partial charge >= 0.3 is 0 Å². The molecule has 1 aliphatic carbocycles. The van der Waals surface area contributed by atoms with E-state index in [-0.39, 0.29) is 5.60 Å². The topological polar surface area (TPSA) is 43.4 Å². The minimum absolute atomic E-state index is 0.209. The van der Waals surface area contributed by atoms with E-state index in [9.17, 15) is 0 Å². The van der Waals surface area contributed by atoms with Crippen LogP contribution < -0.4 is 10.1 Å². The number of hydrogen-bond donors (Lipinski definition) is 1. The van der Waals surface area contributed by atoms with E-state index in [1.807, 2.05) is 30.5 Å². The molecule has 1 aliphatic heterocycles. The summed E-state index contributed by atoms with van der Waals surface area (Å²) in [4.78, 5) is 4.50. The monoisotopic (exact) mass is 396 g/mol. The van der Waals surface area contributed by atoms with Crippen LogP contribution >= 0.6 is 0 Å². The highest BCUT2D eigenvalue weighted by Crippen LogP contribution is 2.44. The Hall–Kier alpha value is -1.91. The molecule has 2 aliphatic rings. The van der Waals surface area contributed by atoms with E-state index in [1.54, 1.807) is 7.11 Å². The highest BCUT2D eigenvalue weighted by molar-refractivity contribution is 5.33. The Morgan fingerprint density at radius 3 is 2.66 bits per heavy atom. The molecular formula is C25H36N2O2. The fourth-order valence-corrected chi connectivity index (χ4v) is 4.57. The molecule has 1 saturated carbocycles. The molecule has 0 amide bonds. The Morgan fingerprint density at radius 2 is 1.93 bits per heavy atom. The van der Waals surface area contributed by atoms with E-state index >= 15 is 0 Å². The van der Waals surface area contributed by atoms with E-state index in [0.717, 1.165) is 38.3 Å².